The zero-order valence-corrected chi connectivity index (χ0v) is 33.6. The van der Waals surface area contributed by atoms with Crippen LogP contribution in [0.5, 0.6) is 5.75 Å². The third-order valence-corrected chi connectivity index (χ3v) is 10.8. The van der Waals surface area contributed by atoms with Crippen molar-refractivity contribution < 1.29 is 59.9 Å². The van der Waals surface area contributed by atoms with E-state index in [4.69, 9.17) is 14.2 Å². The molecule has 2 rings (SSSR count). The number of methoxy groups -OCH3 is 1. The summed E-state index contributed by atoms with van der Waals surface area (Å²) >= 11 is 0. The Labute approximate surface area is 329 Å². The summed E-state index contributed by atoms with van der Waals surface area (Å²) in [5, 5.41) is 85.8. The Bertz CT molecular complexity index is 1090. The molecule has 10 atom stereocenters. The van der Waals surface area contributed by atoms with Crippen molar-refractivity contribution in [1.82, 2.24) is 5.32 Å². The van der Waals surface area contributed by atoms with Crippen molar-refractivity contribution in [3.63, 3.8) is 0 Å². The van der Waals surface area contributed by atoms with E-state index in [0.29, 0.717) is 37.0 Å². The molecule has 1 heterocycles. The molecular weight excluding hydrogens is 710 g/mol. The van der Waals surface area contributed by atoms with Gasteiger partial charge in [-0.15, -0.1) is 0 Å². The molecule has 13 heteroatoms. The molecule has 1 amide bonds. The highest BCUT2D eigenvalue weighted by atomic mass is 16.7. The van der Waals surface area contributed by atoms with E-state index >= 15 is 0 Å². The van der Waals surface area contributed by atoms with Crippen LogP contribution in [-0.4, -0.2) is 122 Å². The number of carbonyl (C=O) groups excluding carboxylic acids is 1. The van der Waals surface area contributed by atoms with Crippen LogP contribution in [0.25, 0.3) is 0 Å². The first-order valence-electron chi connectivity index (χ1n) is 21.1. The second-order valence-corrected chi connectivity index (χ2v) is 15.4. The molecule has 0 radical (unpaired) electrons. The van der Waals surface area contributed by atoms with Gasteiger partial charge in [0.25, 0.3) is 0 Å². The lowest BCUT2D eigenvalue weighted by atomic mass is 9.98. The zero-order chi connectivity index (χ0) is 40.4. The molecule has 0 bridgehead atoms. The molecule has 1 saturated heterocycles. The Hall–Kier alpha value is -1.91. The molecule has 1 aliphatic rings. The first kappa shape index (κ1) is 49.2. The lowest BCUT2D eigenvalue weighted by Crippen LogP contribution is -2.60. The molecule has 0 aromatic heterocycles. The number of aliphatic hydroxyl groups excluding tert-OH is 8. The lowest BCUT2D eigenvalue weighted by molar-refractivity contribution is -0.303. The molecule has 1 aromatic carbocycles. The smallest absolute Gasteiger partial charge is 0.220 e. The van der Waals surface area contributed by atoms with Gasteiger partial charge >= 0.3 is 0 Å². The van der Waals surface area contributed by atoms with Crippen LogP contribution in [0.2, 0.25) is 0 Å². The molecule has 2 unspecified atom stereocenters. The fraction of sp³-hybridized carbons (Fsp3) is 0.833. The van der Waals surface area contributed by atoms with Crippen molar-refractivity contribution in [3.8, 4) is 5.75 Å². The predicted octanol–water partition coefficient (Wildman–Crippen LogP) is 4.32. The number of hydrogen-bond acceptors (Lipinski definition) is 12. The summed E-state index contributed by atoms with van der Waals surface area (Å²) in [6, 6.07) is 5.92. The zero-order valence-electron chi connectivity index (χ0n) is 33.6. The van der Waals surface area contributed by atoms with Crippen LogP contribution in [0.1, 0.15) is 153 Å². The van der Waals surface area contributed by atoms with Gasteiger partial charge in [0.2, 0.25) is 5.91 Å². The minimum absolute atomic E-state index is 0.185. The Kier molecular flexibility index (Phi) is 26.3. The number of benzene rings is 1. The van der Waals surface area contributed by atoms with Gasteiger partial charge < -0.3 is 60.4 Å². The topological polar surface area (TPSA) is 219 Å². The van der Waals surface area contributed by atoms with Crippen molar-refractivity contribution in [2.75, 3.05) is 20.3 Å². The van der Waals surface area contributed by atoms with E-state index in [1.165, 1.54) is 51.4 Å². The van der Waals surface area contributed by atoms with Gasteiger partial charge in [0.05, 0.1) is 38.6 Å². The molecule has 1 aromatic rings. The molecule has 1 aliphatic heterocycles. The number of carbonyl (C=O) groups is 1. The van der Waals surface area contributed by atoms with Crippen LogP contribution >= 0.6 is 0 Å². The van der Waals surface area contributed by atoms with Crippen molar-refractivity contribution in [2.24, 2.45) is 0 Å². The number of rotatable bonds is 32. The van der Waals surface area contributed by atoms with E-state index in [1.54, 1.807) is 31.4 Å². The second-order valence-electron chi connectivity index (χ2n) is 15.4. The Balaban J connectivity index is 1.75. The normalized spacial score (nSPS) is 22.8. The van der Waals surface area contributed by atoms with Crippen molar-refractivity contribution in [1.29, 1.82) is 0 Å². The minimum atomic E-state index is -1.64. The maximum atomic E-state index is 13.0. The number of nitrogens with one attached hydrogen (secondary N) is 1. The average molecular weight is 786 g/mol. The third-order valence-electron chi connectivity index (χ3n) is 10.8. The molecule has 0 aliphatic carbocycles. The minimum Gasteiger partial charge on any atom is -0.497 e. The summed E-state index contributed by atoms with van der Waals surface area (Å²) in [5.41, 5.74) is 0.635. The predicted molar refractivity (Wildman–Crippen MR) is 210 cm³/mol. The molecule has 13 nitrogen and oxygen atoms in total. The van der Waals surface area contributed by atoms with E-state index in [1.807, 2.05) is 0 Å². The van der Waals surface area contributed by atoms with Gasteiger partial charge in [-0.25, -0.2) is 0 Å². The molecular formula is C42H75NO12. The van der Waals surface area contributed by atoms with Crippen molar-refractivity contribution >= 4 is 5.91 Å². The van der Waals surface area contributed by atoms with Crippen LogP contribution < -0.4 is 10.1 Å². The van der Waals surface area contributed by atoms with Crippen LogP contribution in [-0.2, 0) is 14.3 Å². The number of hydrogen-bond donors (Lipinski definition) is 9. The maximum absolute atomic E-state index is 13.0. The van der Waals surface area contributed by atoms with Crippen LogP contribution in [0.15, 0.2) is 24.3 Å². The number of amides is 1. The van der Waals surface area contributed by atoms with Crippen molar-refractivity contribution in [2.45, 2.75) is 203 Å². The largest absolute Gasteiger partial charge is 0.497 e. The quantitative estimate of drug-likeness (QED) is 0.0467. The highest BCUT2D eigenvalue weighted by Gasteiger charge is 2.44. The lowest BCUT2D eigenvalue weighted by Gasteiger charge is -2.40. The van der Waals surface area contributed by atoms with E-state index < -0.39 is 67.8 Å². The van der Waals surface area contributed by atoms with Gasteiger partial charge in [0, 0.05) is 6.42 Å². The molecule has 0 saturated carbocycles. The van der Waals surface area contributed by atoms with Crippen LogP contribution in [0, 0.1) is 0 Å². The Morgan fingerprint density at radius 1 is 0.709 bits per heavy atom. The maximum Gasteiger partial charge on any atom is 0.220 e. The number of aliphatic hydroxyl groups is 8. The van der Waals surface area contributed by atoms with Crippen LogP contribution in [0.3, 0.4) is 0 Å². The van der Waals surface area contributed by atoms with E-state index in [9.17, 15) is 45.6 Å². The third kappa shape index (κ3) is 19.4. The average Bonchev–Trinajstić information content (AvgIpc) is 3.19. The summed E-state index contributed by atoms with van der Waals surface area (Å²) < 4.78 is 16.2. The molecule has 320 valence electrons. The number of ether oxygens (including phenoxy) is 3. The first-order valence-corrected chi connectivity index (χ1v) is 21.1. The highest BCUT2D eigenvalue weighted by molar-refractivity contribution is 5.76. The van der Waals surface area contributed by atoms with Gasteiger partial charge in [0.15, 0.2) is 6.29 Å². The summed E-state index contributed by atoms with van der Waals surface area (Å²) in [6.07, 6.45) is 8.07. The second kappa shape index (κ2) is 29.3. The Morgan fingerprint density at radius 3 is 1.75 bits per heavy atom. The van der Waals surface area contributed by atoms with Gasteiger partial charge in [0.1, 0.15) is 42.4 Å². The molecule has 55 heavy (non-hydrogen) atoms. The first-order chi connectivity index (χ1) is 26.5. The van der Waals surface area contributed by atoms with Crippen molar-refractivity contribution in [3.05, 3.63) is 29.8 Å². The standard InChI is InChI=1S/C42H75NO12/c1-3-4-5-6-7-8-9-10-11-12-15-19-22-34(46)38(49)32(29-54-42-41(52)40(51)39(50)35(28-44)55-42)43-36(47)23-20-17-14-13-16-18-21-33(45)37(48)30-24-26-31(53-2)27-25-30/h24-27,32-35,37-42,44-46,48-52H,3-23,28-29H2,1-2H3,(H,43,47)/t32-,33?,34+,35+,37?,38-,39-,40-,41+,42-/m0/s1. The summed E-state index contributed by atoms with van der Waals surface area (Å²) in [6.45, 7) is 1.24. The SMILES string of the molecule is CCCCCCCCCCCCCC[C@@H](O)[C@@H](O)[C@H](CO[C@H]1O[C@H](CO)[C@H](O)[C@H](O)[C@H]1O)NC(=O)CCCCCCCCC(O)C(O)c1ccc(OC)cc1. The van der Waals surface area contributed by atoms with Gasteiger partial charge in [-0.3, -0.25) is 4.79 Å². The molecule has 9 N–H and O–H groups in total. The fourth-order valence-corrected chi connectivity index (χ4v) is 7.07. The Morgan fingerprint density at radius 2 is 1.22 bits per heavy atom. The molecule has 0 spiro atoms. The van der Waals surface area contributed by atoms with Gasteiger partial charge in [-0.2, -0.15) is 0 Å². The number of unbranched alkanes of at least 4 members (excludes halogenated alkanes) is 16. The summed E-state index contributed by atoms with van der Waals surface area (Å²) in [7, 11) is 1.57. The van der Waals surface area contributed by atoms with E-state index in [2.05, 4.69) is 12.2 Å². The summed E-state index contributed by atoms with van der Waals surface area (Å²) in [4.78, 5) is 13.0. The van der Waals surface area contributed by atoms with E-state index in [-0.39, 0.29) is 18.9 Å². The monoisotopic (exact) mass is 786 g/mol. The van der Waals surface area contributed by atoms with Crippen LogP contribution in [0.4, 0.5) is 0 Å². The molecule has 1 fully saturated rings. The highest BCUT2D eigenvalue weighted by Crippen LogP contribution is 2.25. The van der Waals surface area contributed by atoms with Gasteiger partial charge in [-0.1, -0.05) is 128 Å². The van der Waals surface area contributed by atoms with E-state index in [0.717, 1.165) is 51.4 Å². The van der Waals surface area contributed by atoms with Gasteiger partial charge in [-0.05, 0) is 37.0 Å². The fourth-order valence-electron chi connectivity index (χ4n) is 7.07. The summed E-state index contributed by atoms with van der Waals surface area (Å²) in [5.74, 6) is 0.342.